The zero-order valence-electron chi connectivity index (χ0n) is 7.71. The Balaban J connectivity index is 3.07. The highest BCUT2D eigenvalue weighted by Gasteiger charge is 1.96. The smallest absolute Gasteiger partial charge is 0.0456 e. The molecule has 0 radical (unpaired) electrons. The first-order valence-corrected chi connectivity index (χ1v) is 4.57. The minimum Gasteiger partial charge on any atom is -0.396 e. The summed E-state index contributed by atoms with van der Waals surface area (Å²) < 4.78 is 0. The monoisotopic (exact) mass is 156 g/mol. The van der Waals surface area contributed by atoms with Crippen LogP contribution in [0.4, 0.5) is 0 Å². The first kappa shape index (κ1) is 10.7. The van der Waals surface area contributed by atoms with Gasteiger partial charge >= 0.3 is 0 Å². The number of hydrogen-bond acceptors (Lipinski definition) is 1. The van der Waals surface area contributed by atoms with E-state index in [9.17, 15) is 0 Å². The highest BCUT2D eigenvalue weighted by Crippen LogP contribution is 2.06. The molecule has 1 heteroatoms. The van der Waals surface area contributed by atoms with Gasteiger partial charge in [0, 0.05) is 6.61 Å². The molecule has 0 heterocycles. The number of aliphatic hydroxyl groups is 1. The van der Waals surface area contributed by atoms with E-state index in [2.05, 4.69) is 26.0 Å². The summed E-state index contributed by atoms with van der Waals surface area (Å²) in [6.45, 7) is 4.56. The number of allylic oxidation sites excluding steroid dienone is 2. The van der Waals surface area contributed by atoms with Crippen molar-refractivity contribution in [1.29, 1.82) is 0 Å². The average molecular weight is 156 g/mol. The Bertz CT molecular complexity index is 97.0. The molecule has 66 valence electrons. The van der Waals surface area contributed by atoms with E-state index in [0.717, 1.165) is 19.3 Å². The quantitative estimate of drug-likeness (QED) is 0.463. The Kier molecular flexibility index (Phi) is 7.59. The van der Waals surface area contributed by atoms with Gasteiger partial charge in [0.2, 0.25) is 0 Å². The normalized spacial score (nSPS) is 14.1. The van der Waals surface area contributed by atoms with E-state index in [0.29, 0.717) is 12.5 Å². The lowest BCUT2D eigenvalue weighted by molar-refractivity contribution is 0.228. The van der Waals surface area contributed by atoms with Crippen LogP contribution in [0.15, 0.2) is 12.2 Å². The molecule has 0 aromatic heterocycles. The highest BCUT2D eigenvalue weighted by molar-refractivity contribution is 4.79. The third-order valence-electron chi connectivity index (χ3n) is 1.78. The SMILES string of the molecule is CC/C=C/CCCC(C)CO. The van der Waals surface area contributed by atoms with Gasteiger partial charge in [-0.15, -0.1) is 0 Å². The molecule has 1 unspecified atom stereocenters. The Morgan fingerprint density at radius 1 is 1.36 bits per heavy atom. The molecule has 1 nitrogen and oxygen atoms in total. The predicted octanol–water partition coefficient (Wildman–Crippen LogP) is 2.75. The number of aliphatic hydroxyl groups excluding tert-OH is 1. The Hall–Kier alpha value is -0.300. The van der Waals surface area contributed by atoms with Crippen LogP contribution >= 0.6 is 0 Å². The summed E-state index contributed by atoms with van der Waals surface area (Å²) in [7, 11) is 0. The van der Waals surface area contributed by atoms with Crippen molar-refractivity contribution in [1.82, 2.24) is 0 Å². The molecule has 0 aromatic rings. The van der Waals surface area contributed by atoms with Gasteiger partial charge in [0.1, 0.15) is 0 Å². The molecule has 0 saturated carbocycles. The van der Waals surface area contributed by atoms with Crippen molar-refractivity contribution in [3.63, 3.8) is 0 Å². The molecule has 0 bridgehead atoms. The van der Waals surface area contributed by atoms with Crippen LogP contribution in [0.5, 0.6) is 0 Å². The fourth-order valence-corrected chi connectivity index (χ4v) is 0.960. The van der Waals surface area contributed by atoms with Crippen molar-refractivity contribution in [3.8, 4) is 0 Å². The second-order valence-electron chi connectivity index (χ2n) is 3.10. The molecule has 11 heavy (non-hydrogen) atoms. The van der Waals surface area contributed by atoms with Gasteiger partial charge in [0.05, 0.1) is 0 Å². The van der Waals surface area contributed by atoms with Crippen LogP contribution < -0.4 is 0 Å². The lowest BCUT2D eigenvalue weighted by Gasteiger charge is -2.04. The fourth-order valence-electron chi connectivity index (χ4n) is 0.960. The molecule has 1 N–H and O–H groups in total. The molecular formula is C10H20O. The van der Waals surface area contributed by atoms with Crippen molar-refractivity contribution in [2.45, 2.75) is 39.5 Å². The van der Waals surface area contributed by atoms with Gasteiger partial charge in [-0.25, -0.2) is 0 Å². The van der Waals surface area contributed by atoms with Crippen LogP contribution in [0.2, 0.25) is 0 Å². The largest absolute Gasteiger partial charge is 0.396 e. The Morgan fingerprint density at radius 3 is 2.64 bits per heavy atom. The molecular weight excluding hydrogens is 136 g/mol. The molecule has 0 spiro atoms. The number of unbranched alkanes of at least 4 members (excludes halogenated alkanes) is 1. The first-order valence-electron chi connectivity index (χ1n) is 4.57. The van der Waals surface area contributed by atoms with Gasteiger partial charge in [0.25, 0.3) is 0 Å². The maximum absolute atomic E-state index is 8.72. The van der Waals surface area contributed by atoms with Crippen molar-refractivity contribution >= 4 is 0 Å². The van der Waals surface area contributed by atoms with E-state index in [-0.39, 0.29) is 0 Å². The van der Waals surface area contributed by atoms with Crippen LogP contribution in [0.25, 0.3) is 0 Å². The summed E-state index contributed by atoms with van der Waals surface area (Å²) in [5, 5.41) is 8.72. The van der Waals surface area contributed by atoms with Crippen molar-refractivity contribution in [2.24, 2.45) is 5.92 Å². The lowest BCUT2D eigenvalue weighted by atomic mass is 10.1. The zero-order valence-corrected chi connectivity index (χ0v) is 7.71. The number of hydrogen-bond donors (Lipinski definition) is 1. The summed E-state index contributed by atoms with van der Waals surface area (Å²) in [6.07, 6.45) is 9.07. The molecule has 0 aliphatic heterocycles. The Morgan fingerprint density at radius 2 is 2.09 bits per heavy atom. The average Bonchev–Trinajstić information content (AvgIpc) is 2.04. The van der Waals surface area contributed by atoms with Crippen LogP contribution in [-0.2, 0) is 0 Å². The fraction of sp³-hybridized carbons (Fsp3) is 0.800. The summed E-state index contributed by atoms with van der Waals surface area (Å²) in [5.41, 5.74) is 0. The minimum atomic E-state index is 0.331. The third kappa shape index (κ3) is 7.60. The van der Waals surface area contributed by atoms with Crippen molar-refractivity contribution in [3.05, 3.63) is 12.2 Å². The predicted molar refractivity (Wildman–Crippen MR) is 49.5 cm³/mol. The maximum atomic E-state index is 8.72. The minimum absolute atomic E-state index is 0.331. The first-order chi connectivity index (χ1) is 5.31. The second kappa shape index (κ2) is 7.80. The van der Waals surface area contributed by atoms with Crippen LogP contribution in [0.3, 0.4) is 0 Å². The van der Waals surface area contributed by atoms with Crippen molar-refractivity contribution < 1.29 is 5.11 Å². The highest BCUT2D eigenvalue weighted by atomic mass is 16.3. The van der Waals surface area contributed by atoms with Gasteiger partial charge in [-0.2, -0.15) is 0 Å². The van der Waals surface area contributed by atoms with Crippen LogP contribution in [-0.4, -0.2) is 11.7 Å². The van der Waals surface area contributed by atoms with Gasteiger partial charge in [0.15, 0.2) is 0 Å². The van der Waals surface area contributed by atoms with Gasteiger partial charge < -0.3 is 5.11 Å². The molecule has 0 fully saturated rings. The lowest BCUT2D eigenvalue weighted by Crippen LogP contribution is -1.99. The van der Waals surface area contributed by atoms with Crippen LogP contribution in [0, 0.1) is 5.92 Å². The van der Waals surface area contributed by atoms with E-state index in [4.69, 9.17) is 5.11 Å². The van der Waals surface area contributed by atoms with E-state index in [1.807, 2.05) is 0 Å². The van der Waals surface area contributed by atoms with E-state index < -0.39 is 0 Å². The number of rotatable bonds is 6. The van der Waals surface area contributed by atoms with Crippen molar-refractivity contribution in [2.75, 3.05) is 6.61 Å². The Labute approximate surface area is 70.1 Å². The molecule has 0 aliphatic carbocycles. The second-order valence-corrected chi connectivity index (χ2v) is 3.10. The molecule has 0 aromatic carbocycles. The van der Waals surface area contributed by atoms with E-state index >= 15 is 0 Å². The summed E-state index contributed by atoms with van der Waals surface area (Å²) in [6, 6.07) is 0. The molecule has 0 amide bonds. The maximum Gasteiger partial charge on any atom is 0.0456 e. The molecule has 0 aliphatic rings. The standard InChI is InChI=1S/C10H20O/c1-3-4-5-6-7-8-10(2)9-11/h4-5,10-11H,3,6-9H2,1-2H3/b5-4+. The van der Waals surface area contributed by atoms with Crippen LogP contribution in [0.1, 0.15) is 39.5 Å². The third-order valence-corrected chi connectivity index (χ3v) is 1.78. The topological polar surface area (TPSA) is 20.2 Å². The van der Waals surface area contributed by atoms with E-state index in [1.165, 1.54) is 6.42 Å². The summed E-state index contributed by atoms with van der Waals surface area (Å²) >= 11 is 0. The van der Waals surface area contributed by atoms with Gasteiger partial charge in [-0.05, 0) is 31.6 Å². The zero-order chi connectivity index (χ0) is 8.53. The summed E-state index contributed by atoms with van der Waals surface area (Å²) in [4.78, 5) is 0. The summed E-state index contributed by atoms with van der Waals surface area (Å²) in [5.74, 6) is 0.477. The van der Waals surface area contributed by atoms with Gasteiger partial charge in [-0.3, -0.25) is 0 Å². The van der Waals surface area contributed by atoms with E-state index in [1.54, 1.807) is 0 Å². The molecule has 0 saturated heterocycles. The van der Waals surface area contributed by atoms with Gasteiger partial charge in [-0.1, -0.05) is 26.0 Å². The molecule has 1 atom stereocenters. The molecule has 0 rings (SSSR count).